The maximum Gasteiger partial charge on any atom is 0.255 e. The van der Waals surface area contributed by atoms with E-state index in [1.54, 1.807) is 25.3 Å². The van der Waals surface area contributed by atoms with Gasteiger partial charge in [-0.05, 0) is 30.7 Å². The van der Waals surface area contributed by atoms with Gasteiger partial charge in [0.05, 0.1) is 25.8 Å². The normalized spacial score (nSPS) is 11.6. The molecule has 0 radical (unpaired) electrons. The zero-order chi connectivity index (χ0) is 16.1. The molecule has 1 amide bonds. The Bertz CT molecular complexity index is 673. The van der Waals surface area contributed by atoms with E-state index in [1.165, 1.54) is 7.11 Å². The van der Waals surface area contributed by atoms with Gasteiger partial charge in [0.15, 0.2) is 11.5 Å². The molecule has 0 fully saturated rings. The second-order valence-electron chi connectivity index (χ2n) is 4.76. The van der Waals surface area contributed by atoms with Crippen LogP contribution >= 0.6 is 15.9 Å². The number of amides is 1. The van der Waals surface area contributed by atoms with E-state index >= 15 is 0 Å². The van der Waals surface area contributed by atoms with Crippen molar-refractivity contribution in [2.24, 2.45) is 0 Å². The van der Waals surface area contributed by atoms with E-state index in [0.29, 0.717) is 17.1 Å². The van der Waals surface area contributed by atoms with Crippen LogP contribution in [0.2, 0.25) is 0 Å². The van der Waals surface area contributed by atoms with Crippen LogP contribution in [0.25, 0.3) is 0 Å². The van der Waals surface area contributed by atoms with Gasteiger partial charge in [0, 0.05) is 4.47 Å². The van der Waals surface area contributed by atoms with Crippen LogP contribution in [0.1, 0.15) is 28.9 Å². The van der Waals surface area contributed by atoms with Crippen molar-refractivity contribution in [3.8, 4) is 11.5 Å². The quantitative estimate of drug-likeness (QED) is 0.874. The van der Waals surface area contributed by atoms with Gasteiger partial charge in [-0.15, -0.1) is 0 Å². The molecule has 2 aromatic rings. The van der Waals surface area contributed by atoms with E-state index in [2.05, 4.69) is 21.2 Å². The first-order valence-electron chi connectivity index (χ1n) is 6.84. The highest BCUT2D eigenvalue weighted by Crippen LogP contribution is 2.31. The minimum atomic E-state index is -0.209. The summed E-state index contributed by atoms with van der Waals surface area (Å²) in [5.41, 5.74) is 1.46. The van der Waals surface area contributed by atoms with Crippen LogP contribution in [0, 0.1) is 0 Å². The molecule has 0 saturated heterocycles. The number of carbonyl (C=O) groups is 1. The fourth-order valence-electron chi connectivity index (χ4n) is 2.24. The lowest BCUT2D eigenvalue weighted by Gasteiger charge is -2.17. The minimum Gasteiger partial charge on any atom is -0.493 e. The van der Waals surface area contributed by atoms with Crippen LogP contribution in [0.5, 0.6) is 11.5 Å². The molecular weight excluding hydrogens is 346 g/mol. The molecule has 2 rings (SSSR count). The fraction of sp³-hybridized carbons (Fsp3) is 0.235. The van der Waals surface area contributed by atoms with Gasteiger partial charge in [-0.1, -0.05) is 40.2 Å². The fourth-order valence-corrected chi connectivity index (χ4v) is 2.87. The monoisotopic (exact) mass is 363 g/mol. The Hall–Kier alpha value is -2.01. The van der Waals surface area contributed by atoms with Crippen molar-refractivity contribution in [2.45, 2.75) is 13.0 Å². The van der Waals surface area contributed by atoms with Gasteiger partial charge in [0.2, 0.25) is 0 Å². The first-order valence-corrected chi connectivity index (χ1v) is 7.64. The van der Waals surface area contributed by atoms with Crippen molar-refractivity contribution in [1.29, 1.82) is 0 Å². The number of benzene rings is 2. The van der Waals surface area contributed by atoms with Crippen LogP contribution in [0.4, 0.5) is 0 Å². The molecule has 0 heterocycles. The van der Waals surface area contributed by atoms with Crippen LogP contribution in [-0.2, 0) is 0 Å². The number of methoxy groups -OCH3 is 2. The van der Waals surface area contributed by atoms with Gasteiger partial charge in [-0.2, -0.15) is 0 Å². The van der Waals surface area contributed by atoms with E-state index in [9.17, 15) is 4.79 Å². The molecule has 22 heavy (non-hydrogen) atoms. The van der Waals surface area contributed by atoms with Crippen LogP contribution < -0.4 is 14.8 Å². The third kappa shape index (κ3) is 3.42. The first-order chi connectivity index (χ1) is 10.6. The van der Waals surface area contributed by atoms with Gasteiger partial charge >= 0.3 is 0 Å². The van der Waals surface area contributed by atoms with Gasteiger partial charge < -0.3 is 14.8 Å². The Kier molecular flexibility index (Phi) is 5.44. The van der Waals surface area contributed by atoms with Crippen LogP contribution in [-0.4, -0.2) is 20.1 Å². The predicted octanol–water partition coefficient (Wildman–Crippen LogP) is 3.96. The first kappa shape index (κ1) is 16.4. The molecule has 0 bridgehead atoms. The average Bonchev–Trinajstić information content (AvgIpc) is 2.54. The summed E-state index contributed by atoms with van der Waals surface area (Å²) in [6, 6.07) is 12.9. The Balaban J connectivity index is 2.25. The standard InChI is InChI=1S/C17H18BrNO3/c1-11(12-7-4-5-9-14(12)18)19-17(20)13-8-6-10-15(21-2)16(13)22-3/h4-11H,1-3H3,(H,19,20). The van der Waals surface area contributed by atoms with Crippen LogP contribution in [0.15, 0.2) is 46.9 Å². The van der Waals surface area contributed by atoms with Crippen molar-refractivity contribution < 1.29 is 14.3 Å². The summed E-state index contributed by atoms with van der Waals surface area (Å²) in [4.78, 5) is 12.5. The third-order valence-electron chi connectivity index (χ3n) is 3.37. The highest BCUT2D eigenvalue weighted by atomic mass is 79.9. The number of hydrogen-bond acceptors (Lipinski definition) is 3. The lowest BCUT2D eigenvalue weighted by Crippen LogP contribution is -2.27. The summed E-state index contributed by atoms with van der Waals surface area (Å²) in [5, 5.41) is 2.97. The van der Waals surface area contributed by atoms with Crippen LogP contribution in [0.3, 0.4) is 0 Å². The summed E-state index contributed by atoms with van der Waals surface area (Å²) < 4.78 is 11.5. The molecule has 0 saturated carbocycles. The van der Waals surface area contributed by atoms with Gasteiger partial charge in [0.1, 0.15) is 0 Å². The second-order valence-corrected chi connectivity index (χ2v) is 5.61. The Labute approximate surface area is 138 Å². The van der Waals surface area contributed by atoms with Gasteiger partial charge in [0.25, 0.3) is 5.91 Å². The van der Waals surface area contributed by atoms with Crippen molar-refractivity contribution in [3.63, 3.8) is 0 Å². The Morgan fingerprint density at radius 2 is 1.82 bits per heavy atom. The number of ether oxygens (including phenoxy) is 2. The Morgan fingerprint density at radius 3 is 2.45 bits per heavy atom. The molecule has 0 aliphatic rings. The van der Waals surface area contributed by atoms with E-state index in [-0.39, 0.29) is 11.9 Å². The molecule has 1 atom stereocenters. The molecule has 0 aliphatic heterocycles. The van der Waals surface area contributed by atoms with E-state index in [0.717, 1.165) is 10.0 Å². The summed E-state index contributed by atoms with van der Waals surface area (Å²) in [5.74, 6) is 0.754. The number of rotatable bonds is 5. The third-order valence-corrected chi connectivity index (χ3v) is 4.09. The largest absolute Gasteiger partial charge is 0.493 e. The molecule has 0 spiro atoms. The molecular formula is C17H18BrNO3. The smallest absolute Gasteiger partial charge is 0.255 e. The maximum atomic E-state index is 12.5. The van der Waals surface area contributed by atoms with Gasteiger partial charge in [-0.3, -0.25) is 4.79 Å². The van der Waals surface area contributed by atoms with Crippen molar-refractivity contribution >= 4 is 21.8 Å². The minimum absolute atomic E-state index is 0.140. The van der Waals surface area contributed by atoms with Crippen molar-refractivity contribution in [2.75, 3.05) is 14.2 Å². The molecule has 2 aromatic carbocycles. The molecule has 0 aliphatic carbocycles. The molecule has 5 heteroatoms. The summed E-state index contributed by atoms with van der Waals surface area (Å²) in [7, 11) is 3.06. The highest BCUT2D eigenvalue weighted by Gasteiger charge is 2.19. The SMILES string of the molecule is COc1cccc(C(=O)NC(C)c2ccccc2Br)c1OC. The summed E-state index contributed by atoms with van der Waals surface area (Å²) in [6.45, 7) is 1.94. The van der Waals surface area contributed by atoms with E-state index in [1.807, 2.05) is 31.2 Å². The zero-order valence-corrected chi connectivity index (χ0v) is 14.3. The lowest BCUT2D eigenvalue weighted by atomic mass is 10.1. The number of nitrogens with one attached hydrogen (secondary N) is 1. The number of halogens is 1. The summed E-state index contributed by atoms with van der Waals surface area (Å²) >= 11 is 3.50. The van der Waals surface area contributed by atoms with Crippen molar-refractivity contribution in [1.82, 2.24) is 5.32 Å². The molecule has 1 N–H and O–H groups in total. The highest BCUT2D eigenvalue weighted by molar-refractivity contribution is 9.10. The average molecular weight is 364 g/mol. The van der Waals surface area contributed by atoms with Crippen molar-refractivity contribution in [3.05, 3.63) is 58.1 Å². The summed E-state index contributed by atoms with van der Waals surface area (Å²) in [6.07, 6.45) is 0. The number of para-hydroxylation sites is 1. The molecule has 4 nitrogen and oxygen atoms in total. The molecule has 0 aromatic heterocycles. The second kappa shape index (κ2) is 7.31. The molecule has 1 unspecified atom stereocenters. The van der Waals surface area contributed by atoms with E-state index in [4.69, 9.17) is 9.47 Å². The number of carbonyl (C=O) groups excluding carboxylic acids is 1. The Morgan fingerprint density at radius 1 is 1.09 bits per heavy atom. The lowest BCUT2D eigenvalue weighted by molar-refractivity contribution is 0.0936. The predicted molar refractivity (Wildman–Crippen MR) is 89.6 cm³/mol. The number of hydrogen-bond donors (Lipinski definition) is 1. The zero-order valence-electron chi connectivity index (χ0n) is 12.7. The van der Waals surface area contributed by atoms with E-state index < -0.39 is 0 Å². The maximum absolute atomic E-state index is 12.5. The topological polar surface area (TPSA) is 47.6 Å². The molecule has 116 valence electrons. The van der Waals surface area contributed by atoms with Gasteiger partial charge in [-0.25, -0.2) is 0 Å².